The second kappa shape index (κ2) is 3.23. The van der Waals surface area contributed by atoms with Crippen LogP contribution in [0.2, 0.25) is 0 Å². The van der Waals surface area contributed by atoms with E-state index in [1.54, 1.807) is 0 Å². The summed E-state index contributed by atoms with van der Waals surface area (Å²) in [6, 6.07) is -0.334. The molecule has 3 amide bonds. The molecule has 1 aliphatic rings. The molecule has 1 saturated heterocycles. The van der Waals surface area contributed by atoms with Crippen molar-refractivity contribution in [1.82, 2.24) is 4.90 Å². The number of imide groups is 1. The fourth-order valence-corrected chi connectivity index (χ4v) is 1.41. The lowest BCUT2D eigenvalue weighted by Crippen LogP contribution is -2.90. The molecule has 0 aromatic carbocycles. The highest BCUT2D eigenvalue weighted by Crippen LogP contribution is 2.06. The Hall–Kier alpha value is -0.900. The van der Waals surface area contributed by atoms with E-state index in [2.05, 4.69) is 0 Å². The highest BCUT2D eigenvalue weighted by molar-refractivity contribution is 5.97. The van der Waals surface area contributed by atoms with Crippen LogP contribution in [0.4, 0.5) is 4.79 Å². The maximum atomic E-state index is 11.5. The SMILES string of the molecule is CCC1[NH2+]C(=O)N(C(C)C)C1=O. The molecule has 4 nitrogen and oxygen atoms in total. The summed E-state index contributed by atoms with van der Waals surface area (Å²) < 4.78 is 0. The Morgan fingerprint density at radius 3 is 2.33 bits per heavy atom. The van der Waals surface area contributed by atoms with Crippen LogP contribution in [0, 0.1) is 0 Å². The quantitative estimate of drug-likeness (QED) is 0.580. The second-order valence-electron chi connectivity index (χ2n) is 3.32. The molecule has 0 bridgehead atoms. The number of amides is 3. The van der Waals surface area contributed by atoms with Crippen molar-refractivity contribution in [1.29, 1.82) is 0 Å². The summed E-state index contributed by atoms with van der Waals surface area (Å²) in [5.41, 5.74) is 0. The van der Waals surface area contributed by atoms with Crippen molar-refractivity contribution in [2.75, 3.05) is 0 Å². The molecule has 4 heteroatoms. The third kappa shape index (κ3) is 1.34. The maximum Gasteiger partial charge on any atom is 0.423 e. The van der Waals surface area contributed by atoms with Crippen LogP contribution in [0.1, 0.15) is 27.2 Å². The average molecular weight is 171 g/mol. The minimum atomic E-state index is -0.181. The third-order valence-corrected chi connectivity index (χ3v) is 2.09. The third-order valence-electron chi connectivity index (χ3n) is 2.09. The zero-order valence-corrected chi connectivity index (χ0v) is 7.70. The van der Waals surface area contributed by atoms with Crippen molar-refractivity contribution in [3.05, 3.63) is 0 Å². The van der Waals surface area contributed by atoms with Gasteiger partial charge in [-0.1, -0.05) is 6.92 Å². The largest absolute Gasteiger partial charge is 0.423 e. The Morgan fingerprint density at radius 1 is 1.50 bits per heavy atom. The molecular weight excluding hydrogens is 156 g/mol. The van der Waals surface area contributed by atoms with Gasteiger partial charge in [-0.25, -0.2) is 9.69 Å². The van der Waals surface area contributed by atoms with Crippen molar-refractivity contribution >= 4 is 11.9 Å². The van der Waals surface area contributed by atoms with E-state index in [0.29, 0.717) is 6.42 Å². The first-order valence-corrected chi connectivity index (χ1v) is 4.29. The van der Waals surface area contributed by atoms with Gasteiger partial charge >= 0.3 is 6.03 Å². The summed E-state index contributed by atoms with van der Waals surface area (Å²) >= 11 is 0. The van der Waals surface area contributed by atoms with Crippen LogP contribution in [0.5, 0.6) is 0 Å². The number of urea groups is 1. The minimum Gasteiger partial charge on any atom is -0.267 e. The monoisotopic (exact) mass is 171 g/mol. The Balaban J connectivity index is 2.77. The topological polar surface area (TPSA) is 54.0 Å². The summed E-state index contributed by atoms with van der Waals surface area (Å²) in [6.07, 6.45) is 0.716. The van der Waals surface area contributed by atoms with Gasteiger partial charge in [0.15, 0.2) is 6.04 Å². The molecule has 12 heavy (non-hydrogen) atoms. The lowest BCUT2D eigenvalue weighted by atomic mass is 10.2. The number of nitrogens with two attached hydrogens (primary N) is 1. The fraction of sp³-hybridized carbons (Fsp3) is 0.750. The predicted octanol–water partition coefficient (Wildman–Crippen LogP) is -0.301. The summed E-state index contributed by atoms with van der Waals surface area (Å²) in [6.45, 7) is 5.61. The Morgan fingerprint density at radius 2 is 2.08 bits per heavy atom. The molecule has 1 rings (SSSR count). The van der Waals surface area contributed by atoms with Gasteiger partial charge in [0, 0.05) is 12.5 Å². The molecule has 0 aromatic heterocycles. The van der Waals surface area contributed by atoms with Gasteiger partial charge in [-0.15, -0.1) is 0 Å². The molecule has 2 N–H and O–H groups in total. The molecule has 0 radical (unpaired) electrons. The first-order chi connectivity index (χ1) is 5.57. The van der Waals surface area contributed by atoms with E-state index >= 15 is 0 Å². The number of carbonyl (C=O) groups is 2. The molecule has 0 saturated carbocycles. The van der Waals surface area contributed by atoms with Gasteiger partial charge in [0.25, 0.3) is 5.91 Å². The van der Waals surface area contributed by atoms with Crippen molar-refractivity contribution < 1.29 is 14.9 Å². The van der Waals surface area contributed by atoms with Gasteiger partial charge in [-0.3, -0.25) is 10.1 Å². The van der Waals surface area contributed by atoms with Crippen LogP contribution >= 0.6 is 0 Å². The summed E-state index contributed by atoms with van der Waals surface area (Å²) in [5, 5.41) is 1.52. The van der Waals surface area contributed by atoms with Gasteiger partial charge in [0.1, 0.15) is 0 Å². The van der Waals surface area contributed by atoms with E-state index in [1.165, 1.54) is 10.2 Å². The predicted molar refractivity (Wildman–Crippen MR) is 43.4 cm³/mol. The molecular formula is C8H15N2O2+. The Kier molecular flexibility index (Phi) is 2.47. The standard InChI is InChI=1S/C8H14N2O2/c1-4-6-7(11)10(5(2)3)8(12)9-6/h5-6H,4H2,1-3H3,(H,9,12)/p+1. The van der Waals surface area contributed by atoms with Gasteiger partial charge < -0.3 is 0 Å². The molecule has 1 heterocycles. The first kappa shape index (κ1) is 9.19. The first-order valence-electron chi connectivity index (χ1n) is 4.29. The Bertz CT molecular complexity index is 213. The zero-order chi connectivity index (χ0) is 9.30. The minimum absolute atomic E-state index is 0.0159. The second-order valence-corrected chi connectivity index (χ2v) is 3.32. The number of hydrogen-bond acceptors (Lipinski definition) is 2. The normalized spacial score (nSPS) is 24.3. The highest BCUT2D eigenvalue weighted by Gasteiger charge is 2.43. The molecule has 1 unspecified atom stereocenters. The number of carbonyl (C=O) groups excluding carboxylic acids is 2. The maximum absolute atomic E-state index is 11.5. The zero-order valence-electron chi connectivity index (χ0n) is 7.70. The van der Waals surface area contributed by atoms with E-state index in [1.807, 2.05) is 20.8 Å². The number of primary amides is 1. The lowest BCUT2D eigenvalue weighted by Gasteiger charge is -2.13. The molecule has 1 aliphatic heterocycles. The van der Waals surface area contributed by atoms with Gasteiger partial charge in [-0.05, 0) is 13.8 Å². The molecule has 1 atom stereocenters. The lowest BCUT2D eigenvalue weighted by molar-refractivity contribution is -0.573. The van der Waals surface area contributed by atoms with E-state index < -0.39 is 0 Å². The number of hydrogen-bond donors (Lipinski definition) is 1. The molecule has 0 aromatic rings. The van der Waals surface area contributed by atoms with Crippen molar-refractivity contribution in [3.8, 4) is 0 Å². The van der Waals surface area contributed by atoms with Crippen LogP contribution in [-0.2, 0) is 4.79 Å². The van der Waals surface area contributed by atoms with Crippen molar-refractivity contribution in [2.24, 2.45) is 0 Å². The van der Waals surface area contributed by atoms with Crippen LogP contribution in [0.3, 0.4) is 0 Å². The molecule has 68 valence electrons. The van der Waals surface area contributed by atoms with E-state index in [0.717, 1.165) is 0 Å². The van der Waals surface area contributed by atoms with E-state index in [-0.39, 0.29) is 24.0 Å². The van der Waals surface area contributed by atoms with Crippen LogP contribution in [-0.4, -0.2) is 28.9 Å². The van der Waals surface area contributed by atoms with Gasteiger partial charge in [0.2, 0.25) is 0 Å². The van der Waals surface area contributed by atoms with Gasteiger partial charge in [-0.2, -0.15) is 0 Å². The number of nitrogens with zero attached hydrogens (tertiary/aromatic N) is 1. The van der Waals surface area contributed by atoms with Crippen molar-refractivity contribution in [3.63, 3.8) is 0 Å². The molecule has 1 fully saturated rings. The van der Waals surface area contributed by atoms with Crippen LogP contribution in [0.15, 0.2) is 0 Å². The Labute approximate surface area is 71.9 Å². The summed E-state index contributed by atoms with van der Waals surface area (Å²) in [5.74, 6) is -0.0440. The highest BCUT2D eigenvalue weighted by atomic mass is 16.2. The summed E-state index contributed by atoms with van der Waals surface area (Å²) in [4.78, 5) is 24.0. The van der Waals surface area contributed by atoms with Crippen LogP contribution < -0.4 is 5.32 Å². The number of quaternary nitrogens is 1. The molecule has 0 aliphatic carbocycles. The average Bonchev–Trinajstić information content (AvgIpc) is 2.25. The van der Waals surface area contributed by atoms with Crippen LogP contribution in [0.25, 0.3) is 0 Å². The van der Waals surface area contributed by atoms with Gasteiger partial charge in [0.05, 0.1) is 0 Å². The van der Waals surface area contributed by atoms with Crippen molar-refractivity contribution in [2.45, 2.75) is 39.3 Å². The molecule has 0 spiro atoms. The number of rotatable bonds is 2. The summed E-state index contributed by atoms with van der Waals surface area (Å²) in [7, 11) is 0. The fourth-order valence-electron chi connectivity index (χ4n) is 1.41. The van der Waals surface area contributed by atoms with E-state index in [4.69, 9.17) is 0 Å². The van der Waals surface area contributed by atoms with E-state index in [9.17, 15) is 9.59 Å². The smallest absolute Gasteiger partial charge is 0.267 e.